The van der Waals surface area contributed by atoms with E-state index in [2.05, 4.69) is 46.5 Å². The summed E-state index contributed by atoms with van der Waals surface area (Å²) in [5, 5.41) is 0. The Kier molecular flexibility index (Phi) is 3.92. The number of para-hydroxylation sites is 2. The fourth-order valence-corrected chi connectivity index (χ4v) is 4.77. The van der Waals surface area contributed by atoms with Crippen LogP contribution in [0, 0.1) is 11.8 Å². The number of fused-ring (bicyclic) bond motifs is 2. The molecule has 0 bridgehead atoms. The molecule has 2 aromatic heterocycles. The molecule has 146 valence electrons. The van der Waals surface area contributed by atoms with Crippen LogP contribution in [0.5, 0.6) is 0 Å². The number of likely N-dealkylation sites (tertiary alicyclic amines) is 1. The molecule has 2 unspecified atom stereocenters. The number of amides is 1. The molecule has 2 atom stereocenters. The number of anilines is 1. The Labute approximate surface area is 164 Å². The van der Waals surface area contributed by atoms with Crippen molar-refractivity contribution in [3.63, 3.8) is 0 Å². The average molecular weight is 378 g/mol. The standard InChI is InChI=1S/C21H26N6O/c1-14(2)27-19-7-5-4-6-17(19)23-21(27)26-10-15-8-25(9-16(15)11-26)20(28)18-12-24(3)13-22-18/h4-7,12-16H,8-11H2,1-3H3. The van der Waals surface area contributed by atoms with Gasteiger partial charge in [-0.15, -0.1) is 0 Å². The maximum atomic E-state index is 12.7. The first-order valence-electron chi connectivity index (χ1n) is 10.0. The molecule has 2 fully saturated rings. The maximum Gasteiger partial charge on any atom is 0.274 e. The molecule has 4 heterocycles. The first-order chi connectivity index (χ1) is 13.5. The predicted octanol–water partition coefficient (Wildman–Crippen LogP) is 2.56. The zero-order valence-corrected chi connectivity index (χ0v) is 16.6. The molecule has 5 rings (SSSR count). The fourth-order valence-electron chi connectivity index (χ4n) is 4.77. The van der Waals surface area contributed by atoms with Gasteiger partial charge < -0.3 is 18.9 Å². The number of benzene rings is 1. The number of aromatic nitrogens is 4. The number of nitrogens with zero attached hydrogens (tertiary/aromatic N) is 6. The summed E-state index contributed by atoms with van der Waals surface area (Å²) >= 11 is 0. The lowest BCUT2D eigenvalue weighted by molar-refractivity contribution is 0.0777. The van der Waals surface area contributed by atoms with Crippen molar-refractivity contribution < 1.29 is 4.79 Å². The van der Waals surface area contributed by atoms with E-state index in [-0.39, 0.29) is 5.91 Å². The molecule has 1 amide bonds. The van der Waals surface area contributed by atoms with E-state index in [9.17, 15) is 4.79 Å². The van der Waals surface area contributed by atoms with Crippen LogP contribution >= 0.6 is 0 Å². The summed E-state index contributed by atoms with van der Waals surface area (Å²) < 4.78 is 4.16. The van der Waals surface area contributed by atoms with E-state index >= 15 is 0 Å². The highest BCUT2D eigenvalue weighted by Crippen LogP contribution is 2.36. The van der Waals surface area contributed by atoms with E-state index in [1.54, 1.807) is 12.5 Å². The zero-order valence-electron chi connectivity index (χ0n) is 16.6. The van der Waals surface area contributed by atoms with Crippen LogP contribution in [0.3, 0.4) is 0 Å². The number of carbonyl (C=O) groups excluding carboxylic acids is 1. The summed E-state index contributed by atoms with van der Waals surface area (Å²) in [6.07, 6.45) is 3.48. The van der Waals surface area contributed by atoms with Crippen LogP contribution in [-0.4, -0.2) is 56.1 Å². The van der Waals surface area contributed by atoms with Crippen molar-refractivity contribution in [3.05, 3.63) is 42.5 Å². The zero-order chi connectivity index (χ0) is 19.4. The van der Waals surface area contributed by atoms with Crippen LogP contribution in [0.25, 0.3) is 11.0 Å². The lowest BCUT2D eigenvalue weighted by atomic mass is 10.0. The van der Waals surface area contributed by atoms with Crippen LogP contribution in [0.4, 0.5) is 5.95 Å². The summed E-state index contributed by atoms with van der Waals surface area (Å²) in [6, 6.07) is 8.71. The molecule has 0 saturated carbocycles. The lowest BCUT2D eigenvalue weighted by Gasteiger charge is -2.24. The second kappa shape index (κ2) is 6.36. The van der Waals surface area contributed by atoms with Gasteiger partial charge in [0.1, 0.15) is 5.69 Å². The van der Waals surface area contributed by atoms with Gasteiger partial charge in [-0.05, 0) is 26.0 Å². The van der Waals surface area contributed by atoms with Crippen LogP contribution in [0.1, 0.15) is 30.4 Å². The number of rotatable bonds is 3. The number of hydrogen-bond donors (Lipinski definition) is 0. The topological polar surface area (TPSA) is 59.2 Å². The van der Waals surface area contributed by atoms with Gasteiger partial charge in [0.15, 0.2) is 0 Å². The van der Waals surface area contributed by atoms with E-state index < -0.39 is 0 Å². The van der Waals surface area contributed by atoms with Gasteiger partial charge in [-0.25, -0.2) is 9.97 Å². The summed E-state index contributed by atoms with van der Waals surface area (Å²) in [5.74, 6) is 2.10. The largest absolute Gasteiger partial charge is 0.342 e. The maximum absolute atomic E-state index is 12.7. The lowest BCUT2D eigenvalue weighted by Crippen LogP contribution is -2.34. The van der Waals surface area contributed by atoms with E-state index in [1.165, 1.54) is 5.52 Å². The third-order valence-electron chi connectivity index (χ3n) is 6.07. The molecule has 2 saturated heterocycles. The van der Waals surface area contributed by atoms with Gasteiger partial charge >= 0.3 is 0 Å². The van der Waals surface area contributed by atoms with Crippen LogP contribution in [-0.2, 0) is 7.05 Å². The Bertz CT molecular complexity index is 1020. The molecule has 7 nitrogen and oxygen atoms in total. The predicted molar refractivity (Wildman–Crippen MR) is 108 cm³/mol. The molecule has 2 aliphatic rings. The molecule has 0 aliphatic carbocycles. The summed E-state index contributed by atoms with van der Waals surface area (Å²) in [7, 11) is 1.89. The van der Waals surface area contributed by atoms with Crippen molar-refractivity contribution in [2.75, 3.05) is 31.1 Å². The average Bonchev–Trinajstić information content (AvgIpc) is 3.41. The molecular weight excluding hydrogens is 352 g/mol. The van der Waals surface area contributed by atoms with Gasteiger partial charge in [-0.3, -0.25) is 4.79 Å². The van der Waals surface area contributed by atoms with Gasteiger partial charge in [0.05, 0.1) is 17.4 Å². The quantitative estimate of drug-likeness (QED) is 0.703. The Balaban J connectivity index is 1.35. The Morgan fingerprint density at radius 3 is 2.46 bits per heavy atom. The first-order valence-corrected chi connectivity index (χ1v) is 10.0. The molecule has 7 heteroatoms. The number of aryl methyl sites for hydroxylation is 1. The summed E-state index contributed by atoms with van der Waals surface area (Å²) in [5.41, 5.74) is 2.78. The Hall–Kier alpha value is -2.83. The second-order valence-corrected chi connectivity index (χ2v) is 8.42. The van der Waals surface area contributed by atoms with Crippen molar-refractivity contribution in [2.24, 2.45) is 18.9 Å². The van der Waals surface area contributed by atoms with Crippen molar-refractivity contribution in [1.29, 1.82) is 0 Å². The smallest absolute Gasteiger partial charge is 0.274 e. The molecular formula is C21H26N6O. The van der Waals surface area contributed by atoms with Crippen molar-refractivity contribution >= 4 is 22.9 Å². The molecule has 28 heavy (non-hydrogen) atoms. The van der Waals surface area contributed by atoms with Crippen LogP contribution in [0.15, 0.2) is 36.8 Å². The Morgan fingerprint density at radius 1 is 1.11 bits per heavy atom. The second-order valence-electron chi connectivity index (χ2n) is 8.42. The fraction of sp³-hybridized carbons (Fsp3) is 0.476. The minimum Gasteiger partial charge on any atom is -0.342 e. The van der Waals surface area contributed by atoms with Crippen molar-refractivity contribution in [2.45, 2.75) is 19.9 Å². The van der Waals surface area contributed by atoms with Gasteiger partial charge in [0, 0.05) is 57.3 Å². The van der Waals surface area contributed by atoms with Crippen molar-refractivity contribution in [1.82, 2.24) is 24.0 Å². The molecule has 3 aromatic rings. The molecule has 0 spiro atoms. The van der Waals surface area contributed by atoms with E-state index in [4.69, 9.17) is 4.98 Å². The normalized spacial score (nSPS) is 21.9. The SMILES string of the molecule is CC(C)n1c(N2CC3CN(C(=O)c4cn(C)cn4)CC3C2)nc2ccccc21. The van der Waals surface area contributed by atoms with E-state index in [1.807, 2.05) is 22.6 Å². The number of hydrogen-bond acceptors (Lipinski definition) is 4. The summed E-state index contributed by atoms with van der Waals surface area (Å²) in [4.78, 5) is 26.3. The number of imidazole rings is 2. The Morgan fingerprint density at radius 2 is 1.82 bits per heavy atom. The highest BCUT2D eigenvalue weighted by molar-refractivity contribution is 5.92. The minimum absolute atomic E-state index is 0.0518. The van der Waals surface area contributed by atoms with E-state index in [0.29, 0.717) is 23.6 Å². The van der Waals surface area contributed by atoms with E-state index in [0.717, 1.165) is 37.6 Å². The number of carbonyl (C=O) groups is 1. The van der Waals surface area contributed by atoms with Crippen LogP contribution in [0.2, 0.25) is 0 Å². The molecule has 0 radical (unpaired) electrons. The van der Waals surface area contributed by atoms with Gasteiger partial charge in [-0.1, -0.05) is 12.1 Å². The highest BCUT2D eigenvalue weighted by Gasteiger charge is 2.43. The minimum atomic E-state index is 0.0518. The highest BCUT2D eigenvalue weighted by atomic mass is 16.2. The monoisotopic (exact) mass is 378 g/mol. The molecule has 2 aliphatic heterocycles. The van der Waals surface area contributed by atoms with Gasteiger partial charge in [0.2, 0.25) is 5.95 Å². The first kappa shape index (κ1) is 17.3. The summed E-state index contributed by atoms with van der Waals surface area (Å²) in [6.45, 7) is 7.93. The molecule has 1 aromatic carbocycles. The molecule has 0 N–H and O–H groups in total. The third kappa shape index (κ3) is 2.68. The van der Waals surface area contributed by atoms with Gasteiger partial charge in [-0.2, -0.15) is 0 Å². The van der Waals surface area contributed by atoms with Gasteiger partial charge in [0.25, 0.3) is 5.91 Å². The van der Waals surface area contributed by atoms with Crippen molar-refractivity contribution in [3.8, 4) is 0 Å². The van der Waals surface area contributed by atoms with Crippen LogP contribution < -0.4 is 4.90 Å². The third-order valence-corrected chi connectivity index (χ3v) is 6.07.